The molecule has 0 spiro atoms. The molecule has 5 heteroatoms. The van der Waals surface area contributed by atoms with Crippen molar-refractivity contribution in [3.8, 4) is 0 Å². The van der Waals surface area contributed by atoms with E-state index in [1.165, 1.54) is 16.6 Å². The molecular formula is C21H18BrN3O. The summed E-state index contributed by atoms with van der Waals surface area (Å²) in [6, 6.07) is 16.4. The van der Waals surface area contributed by atoms with Crippen LogP contribution in [0.4, 0.5) is 0 Å². The molecule has 0 unspecified atom stereocenters. The Labute approximate surface area is 159 Å². The van der Waals surface area contributed by atoms with Crippen LogP contribution in [0, 0.1) is 0 Å². The van der Waals surface area contributed by atoms with Crippen LogP contribution in [0.2, 0.25) is 0 Å². The van der Waals surface area contributed by atoms with Gasteiger partial charge >= 0.3 is 0 Å². The number of nitrogens with one attached hydrogen (secondary N) is 1. The van der Waals surface area contributed by atoms with Crippen LogP contribution in [0.1, 0.15) is 21.7 Å². The molecule has 0 saturated carbocycles. The molecule has 4 aromatic rings. The second-order valence-corrected chi connectivity index (χ2v) is 7.64. The maximum atomic E-state index is 13.3. The lowest BCUT2D eigenvalue weighted by Crippen LogP contribution is -2.36. The van der Waals surface area contributed by atoms with Gasteiger partial charge in [-0.25, -0.2) is 0 Å². The number of H-pyrrole nitrogens is 1. The number of fused-ring (bicyclic) bond motifs is 4. The van der Waals surface area contributed by atoms with Crippen LogP contribution in [-0.2, 0) is 20.0 Å². The minimum atomic E-state index is 0.0755. The molecule has 4 nitrogen and oxygen atoms in total. The number of para-hydroxylation sites is 2. The molecule has 3 heterocycles. The van der Waals surface area contributed by atoms with Gasteiger partial charge in [-0.2, -0.15) is 0 Å². The van der Waals surface area contributed by atoms with Gasteiger partial charge in [0.25, 0.3) is 5.91 Å². The number of hydrogen-bond acceptors (Lipinski definition) is 1. The van der Waals surface area contributed by atoms with Gasteiger partial charge in [-0.1, -0.05) is 36.4 Å². The lowest BCUT2D eigenvalue weighted by Gasteiger charge is -2.27. The number of nitrogens with zero attached hydrogens (tertiary/aromatic N) is 2. The number of amides is 1. The summed E-state index contributed by atoms with van der Waals surface area (Å²) >= 11 is 3.66. The molecule has 2 aromatic heterocycles. The molecule has 2 aromatic carbocycles. The topological polar surface area (TPSA) is 41.0 Å². The minimum Gasteiger partial charge on any atom is -0.358 e. The van der Waals surface area contributed by atoms with E-state index in [0.29, 0.717) is 6.54 Å². The zero-order chi connectivity index (χ0) is 17.8. The molecule has 26 heavy (non-hydrogen) atoms. The van der Waals surface area contributed by atoms with Crippen LogP contribution in [0.5, 0.6) is 0 Å². The zero-order valence-electron chi connectivity index (χ0n) is 14.4. The highest BCUT2D eigenvalue weighted by atomic mass is 79.9. The Morgan fingerprint density at radius 1 is 1.08 bits per heavy atom. The number of carbonyl (C=O) groups is 1. The quantitative estimate of drug-likeness (QED) is 0.491. The summed E-state index contributed by atoms with van der Waals surface area (Å²) in [4.78, 5) is 18.8. The van der Waals surface area contributed by atoms with Crippen molar-refractivity contribution < 1.29 is 4.79 Å². The summed E-state index contributed by atoms with van der Waals surface area (Å²) in [5, 5.41) is 2.29. The molecule has 0 saturated heterocycles. The average molecular weight is 408 g/mol. The second kappa shape index (κ2) is 5.74. The number of carbonyl (C=O) groups excluding carboxylic acids is 1. The fourth-order valence-corrected chi connectivity index (χ4v) is 4.84. The first-order valence-corrected chi connectivity index (χ1v) is 9.55. The summed E-state index contributed by atoms with van der Waals surface area (Å²) in [6.45, 7) is 1.37. The Balaban J connectivity index is 1.56. The van der Waals surface area contributed by atoms with Crippen molar-refractivity contribution in [2.75, 3.05) is 6.54 Å². The maximum Gasteiger partial charge on any atom is 0.271 e. The minimum absolute atomic E-state index is 0.0755. The van der Waals surface area contributed by atoms with Gasteiger partial charge in [-0.05, 0) is 28.1 Å². The van der Waals surface area contributed by atoms with Gasteiger partial charge in [-0.15, -0.1) is 0 Å². The predicted octanol–water partition coefficient (Wildman–Crippen LogP) is 4.62. The highest BCUT2D eigenvalue weighted by Gasteiger charge is 2.28. The van der Waals surface area contributed by atoms with E-state index in [9.17, 15) is 4.79 Å². The van der Waals surface area contributed by atoms with Gasteiger partial charge < -0.3 is 14.5 Å². The van der Waals surface area contributed by atoms with Crippen molar-refractivity contribution in [2.24, 2.45) is 7.05 Å². The van der Waals surface area contributed by atoms with Gasteiger partial charge in [0.1, 0.15) is 5.69 Å². The molecule has 0 aliphatic carbocycles. The first-order chi connectivity index (χ1) is 12.6. The number of halogens is 1. The second-order valence-electron chi connectivity index (χ2n) is 6.84. The largest absolute Gasteiger partial charge is 0.358 e. The van der Waals surface area contributed by atoms with E-state index in [0.717, 1.165) is 39.6 Å². The first-order valence-electron chi connectivity index (χ1n) is 8.76. The molecule has 1 aliphatic heterocycles. The van der Waals surface area contributed by atoms with Crippen molar-refractivity contribution in [1.29, 1.82) is 0 Å². The third-order valence-corrected chi connectivity index (χ3v) is 6.22. The van der Waals surface area contributed by atoms with E-state index in [-0.39, 0.29) is 5.91 Å². The van der Waals surface area contributed by atoms with Gasteiger partial charge in [0.05, 0.1) is 4.47 Å². The van der Waals surface area contributed by atoms with Crippen molar-refractivity contribution in [3.05, 3.63) is 70.0 Å². The Hall–Kier alpha value is -2.53. The number of benzene rings is 2. The van der Waals surface area contributed by atoms with Crippen molar-refractivity contribution in [1.82, 2.24) is 14.5 Å². The standard InChI is InChI=1S/C21H18BrN3O/c1-24-18-9-5-3-7-14(18)19(22)20(24)21(26)25-11-10-17-15(12-25)13-6-2-4-8-16(13)23-17/h2-9,23H,10-12H2,1H3. The normalized spacial score (nSPS) is 14.2. The van der Waals surface area contributed by atoms with Gasteiger partial charge in [0, 0.05) is 59.6 Å². The van der Waals surface area contributed by atoms with Crippen LogP contribution >= 0.6 is 15.9 Å². The van der Waals surface area contributed by atoms with Crippen LogP contribution in [0.3, 0.4) is 0 Å². The van der Waals surface area contributed by atoms with E-state index >= 15 is 0 Å². The van der Waals surface area contributed by atoms with E-state index in [2.05, 4.69) is 39.1 Å². The van der Waals surface area contributed by atoms with Gasteiger partial charge in [-0.3, -0.25) is 4.79 Å². The Bertz CT molecular complexity index is 1130. The van der Waals surface area contributed by atoms with Crippen molar-refractivity contribution in [3.63, 3.8) is 0 Å². The van der Waals surface area contributed by atoms with Gasteiger partial charge in [0.2, 0.25) is 0 Å². The van der Waals surface area contributed by atoms with Crippen molar-refractivity contribution in [2.45, 2.75) is 13.0 Å². The van der Waals surface area contributed by atoms with E-state index in [1.807, 2.05) is 46.8 Å². The Morgan fingerprint density at radius 2 is 1.81 bits per heavy atom. The van der Waals surface area contributed by atoms with E-state index in [4.69, 9.17) is 0 Å². The fraction of sp³-hybridized carbons (Fsp3) is 0.190. The number of rotatable bonds is 1. The summed E-state index contributed by atoms with van der Waals surface area (Å²) in [5.41, 5.74) is 5.43. The number of aryl methyl sites for hydroxylation is 1. The summed E-state index contributed by atoms with van der Waals surface area (Å²) in [6.07, 6.45) is 0.858. The van der Waals surface area contributed by atoms with Crippen LogP contribution in [0.15, 0.2) is 53.0 Å². The molecule has 5 rings (SSSR count). The predicted molar refractivity (Wildman–Crippen MR) is 107 cm³/mol. The summed E-state index contributed by atoms with van der Waals surface area (Å²) < 4.78 is 2.87. The highest BCUT2D eigenvalue weighted by molar-refractivity contribution is 9.10. The molecule has 0 atom stereocenters. The third kappa shape index (κ3) is 2.16. The molecule has 130 valence electrons. The summed E-state index contributed by atoms with van der Waals surface area (Å²) in [5.74, 6) is 0.0755. The molecule has 1 aliphatic rings. The van der Waals surface area contributed by atoms with Crippen molar-refractivity contribution >= 4 is 43.6 Å². The lowest BCUT2D eigenvalue weighted by molar-refractivity contribution is 0.0725. The molecule has 0 bridgehead atoms. The first kappa shape index (κ1) is 15.7. The zero-order valence-corrected chi connectivity index (χ0v) is 16.0. The monoisotopic (exact) mass is 407 g/mol. The molecule has 1 N–H and O–H groups in total. The third-order valence-electron chi connectivity index (χ3n) is 5.42. The number of aromatic amines is 1. The van der Waals surface area contributed by atoms with E-state index < -0.39 is 0 Å². The van der Waals surface area contributed by atoms with Crippen LogP contribution in [0.25, 0.3) is 21.8 Å². The maximum absolute atomic E-state index is 13.3. The SMILES string of the molecule is Cn1c(C(=O)N2CCc3[nH]c4ccccc4c3C2)c(Br)c2ccccc21. The summed E-state index contributed by atoms with van der Waals surface area (Å²) in [7, 11) is 1.96. The van der Waals surface area contributed by atoms with Gasteiger partial charge in [0.15, 0.2) is 0 Å². The molecule has 0 radical (unpaired) electrons. The highest BCUT2D eigenvalue weighted by Crippen LogP contribution is 2.33. The number of hydrogen-bond donors (Lipinski definition) is 1. The molecule has 0 fully saturated rings. The molecule has 1 amide bonds. The van der Waals surface area contributed by atoms with Crippen LogP contribution in [-0.4, -0.2) is 26.9 Å². The van der Waals surface area contributed by atoms with Crippen LogP contribution < -0.4 is 0 Å². The molecular weight excluding hydrogens is 390 g/mol. The lowest BCUT2D eigenvalue weighted by atomic mass is 10.0. The van der Waals surface area contributed by atoms with E-state index in [1.54, 1.807) is 0 Å². The average Bonchev–Trinajstić information content (AvgIpc) is 3.17. The smallest absolute Gasteiger partial charge is 0.271 e. The Kier molecular flexibility index (Phi) is 3.47. The number of aromatic nitrogens is 2. The fourth-order valence-electron chi connectivity index (χ4n) is 4.07. The Morgan fingerprint density at radius 3 is 2.62 bits per heavy atom.